The minimum Gasteiger partial charge on any atom is -0.336 e. The Bertz CT molecular complexity index is 546. The van der Waals surface area contributed by atoms with Crippen LogP contribution in [0.2, 0.25) is 0 Å². The lowest BCUT2D eigenvalue weighted by molar-refractivity contribution is -0.124. The summed E-state index contributed by atoms with van der Waals surface area (Å²) >= 11 is 0.991. The Morgan fingerprint density at radius 3 is 2.71 bits per heavy atom. The Hall–Kier alpha value is -2.02. The monoisotopic (exact) mass is 307 g/mol. The number of aryl methyl sites for hydroxylation is 1. The predicted octanol–water partition coefficient (Wildman–Crippen LogP) is 1.49. The maximum atomic E-state index is 11.6. The van der Waals surface area contributed by atoms with Gasteiger partial charge in [-0.2, -0.15) is 0 Å². The van der Waals surface area contributed by atoms with Gasteiger partial charge < -0.3 is 10.6 Å². The van der Waals surface area contributed by atoms with E-state index in [0.717, 1.165) is 27.8 Å². The maximum absolute atomic E-state index is 11.6. The number of hydrogen-bond acceptors (Lipinski definition) is 4. The summed E-state index contributed by atoms with van der Waals surface area (Å²) in [6.07, 6.45) is 0. The van der Waals surface area contributed by atoms with Crippen molar-refractivity contribution in [1.29, 1.82) is 0 Å². The van der Waals surface area contributed by atoms with Crippen LogP contribution in [-0.4, -0.2) is 40.9 Å². The van der Waals surface area contributed by atoms with Crippen LogP contribution in [0.5, 0.6) is 0 Å². The second kappa shape index (κ2) is 7.12. The van der Waals surface area contributed by atoms with E-state index < -0.39 is 0 Å². The zero-order valence-corrected chi connectivity index (χ0v) is 12.5. The van der Waals surface area contributed by atoms with E-state index in [1.165, 1.54) is 0 Å². The van der Waals surface area contributed by atoms with Crippen molar-refractivity contribution in [2.45, 2.75) is 13.5 Å². The van der Waals surface area contributed by atoms with Crippen LogP contribution in [0.3, 0.4) is 0 Å². The standard InChI is InChI=1S/C14H17N3O3S/c1-10-4-2-3-5-11(10)8-16-13(19)15-6-7-17-12(18)9-21-14(17)20/h2-5H,6-9H2,1H3,(H2,15,16,19). The normalized spacial score (nSPS) is 14.4. The highest BCUT2D eigenvalue weighted by molar-refractivity contribution is 8.14. The van der Waals surface area contributed by atoms with Gasteiger partial charge in [-0.1, -0.05) is 36.0 Å². The van der Waals surface area contributed by atoms with Gasteiger partial charge in [0.05, 0.1) is 5.75 Å². The fourth-order valence-corrected chi connectivity index (χ4v) is 2.68. The molecule has 2 rings (SSSR count). The van der Waals surface area contributed by atoms with Gasteiger partial charge in [0.25, 0.3) is 5.24 Å². The van der Waals surface area contributed by atoms with E-state index in [-0.39, 0.29) is 36.0 Å². The van der Waals surface area contributed by atoms with Gasteiger partial charge in [-0.3, -0.25) is 14.5 Å². The summed E-state index contributed by atoms with van der Waals surface area (Å²) in [4.78, 5) is 35.5. The zero-order chi connectivity index (χ0) is 15.2. The van der Waals surface area contributed by atoms with Gasteiger partial charge in [-0.25, -0.2) is 4.79 Å². The van der Waals surface area contributed by atoms with Crippen LogP contribution in [0.25, 0.3) is 0 Å². The molecular formula is C14H17N3O3S. The highest BCUT2D eigenvalue weighted by Gasteiger charge is 2.29. The number of thioether (sulfide) groups is 1. The van der Waals surface area contributed by atoms with E-state index in [0.29, 0.717) is 6.54 Å². The number of carbonyl (C=O) groups excluding carboxylic acids is 3. The number of urea groups is 1. The van der Waals surface area contributed by atoms with Crippen molar-refractivity contribution in [3.05, 3.63) is 35.4 Å². The second-order valence-corrected chi connectivity index (χ2v) is 5.56. The van der Waals surface area contributed by atoms with E-state index in [9.17, 15) is 14.4 Å². The van der Waals surface area contributed by atoms with Gasteiger partial charge in [0.2, 0.25) is 5.91 Å². The van der Waals surface area contributed by atoms with E-state index in [1.807, 2.05) is 31.2 Å². The van der Waals surface area contributed by atoms with Crippen molar-refractivity contribution >= 4 is 28.9 Å². The lowest BCUT2D eigenvalue weighted by Crippen LogP contribution is -2.41. The third kappa shape index (κ3) is 4.22. The van der Waals surface area contributed by atoms with Crippen molar-refractivity contribution in [2.24, 2.45) is 0 Å². The van der Waals surface area contributed by atoms with Crippen LogP contribution in [0.1, 0.15) is 11.1 Å². The largest absolute Gasteiger partial charge is 0.336 e. The molecule has 21 heavy (non-hydrogen) atoms. The molecule has 4 amide bonds. The van der Waals surface area contributed by atoms with Gasteiger partial charge in [0.1, 0.15) is 0 Å². The average molecular weight is 307 g/mol. The van der Waals surface area contributed by atoms with Crippen LogP contribution in [0, 0.1) is 6.92 Å². The van der Waals surface area contributed by atoms with Gasteiger partial charge in [0, 0.05) is 19.6 Å². The first kappa shape index (κ1) is 15.4. The van der Waals surface area contributed by atoms with Crippen molar-refractivity contribution in [3.8, 4) is 0 Å². The number of carbonyl (C=O) groups is 3. The Morgan fingerprint density at radius 2 is 2.05 bits per heavy atom. The van der Waals surface area contributed by atoms with Gasteiger partial charge in [0.15, 0.2) is 0 Å². The number of amides is 4. The molecule has 0 aliphatic carbocycles. The lowest BCUT2D eigenvalue weighted by Gasteiger charge is -2.13. The third-order valence-electron chi connectivity index (χ3n) is 3.16. The molecule has 1 fully saturated rings. The topological polar surface area (TPSA) is 78.5 Å². The second-order valence-electron chi connectivity index (χ2n) is 4.64. The van der Waals surface area contributed by atoms with E-state index in [2.05, 4.69) is 10.6 Å². The van der Waals surface area contributed by atoms with Gasteiger partial charge >= 0.3 is 6.03 Å². The van der Waals surface area contributed by atoms with Gasteiger partial charge in [-0.15, -0.1) is 0 Å². The number of imide groups is 1. The number of nitrogens with one attached hydrogen (secondary N) is 2. The molecule has 2 N–H and O–H groups in total. The first-order chi connectivity index (χ1) is 10.1. The first-order valence-corrected chi connectivity index (χ1v) is 7.60. The van der Waals surface area contributed by atoms with Crippen molar-refractivity contribution in [3.63, 3.8) is 0 Å². The molecule has 1 saturated heterocycles. The summed E-state index contributed by atoms with van der Waals surface area (Å²) in [5.41, 5.74) is 2.16. The molecule has 1 heterocycles. The van der Waals surface area contributed by atoms with Crippen LogP contribution in [0.4, 0.5) is 9.59 Å². The number of benzene rings is 1. The molecule has 7 heteroatoms. The average Bonchev–Trinajstić information content (AvgIpc) is 2.78. The minimum absolute atomic E-state index is 0.193. The third-order valence-corrected chi connectivity index (χ3v) is 4.02. The van der Waals surface area contributed by atoms with Crippen LogP contribution >= 0.6 is 11.8 Å². The SMILES string of the molecule is Cc1ccccc1CNC(=O)NCCN1C(=O)CSC1=O. The van der Waals surface area contributed by atoms with Crippen molar-refractivity contribution in [1.82, 2.24) is 15.5 Å². The molecule has 0 radical (unpaired) electrons. The molecule has 0 aromatic heterocycles. The summed E-state index contributed by atoms with van der Waals surface area (Å²) in [7, 11) is 0. The molecule has 1 aliphatic heterocycles. The van der Waals surface area contributed by atoms with E-state index in [1.54, 1.807) is 0 Å². The quantitative estimate of drug-likeness (QED) is 0.864. The molecule has 1 aliphatic rings. The highest BCUT2D eigenvalue weighted by atomic mass is 32.2. The molecule has 112 valence electrons. The molecular weight excluding hydrogens is 290 g/mol. The van der Waals surface area contributed by atoms with Crippen LogP contribution in [-0.2, 0) is 11.3 Å². The fraction of sp³-hybridized carbons (Fsp3) is 0.357. The Kier molecular flexibility index (Phi) is 5.21. The van der Waals surface area contributed by atoms with Crippen molar-refractivity contribution in [2.75, 3.05) is 18.8 Å². The summed E-state index contributed by atoms with van der Waals surface area (Å²) in [5, 5.41) is 5.13. The van der Waals surface area contributed by atoms with Crippen molar-refractivity contribution < 1.29 is 14.4 Å². The number of hydrogen-bond donors (Lipinski definition) is 2. The van der Waals surface area contributed by atoms with E-state index >= 15 is 0 Å². The maximum Gasteiger partial charge on any atom is 0.315 e. The Morgan fingerprint density at radius 1 is 1.29 bits per heavy atom. The van der Waals surface area contributed by atoms with Crippen LogP contribution in [0.15, 0.2) is 24.3 Å². The fourth-order valence-electron chi connectivity index (χ4n) is 1.92. The summed E-state index contributed by atoms with van der Waals surface area (Å²) in [6.45, 7) is 2.88. The number of rotatable bonds is 5. The molecule has 0 spiro atoms. The smallest absolute Gasteiger partial charge is 0.315 e. The van der Waals surface area contributed by atoms with Gasteiger partial charge in [-0.05, 0) is 18.1 Å². The Labute approximate surface area is 127 Å². The molecule has 0 bridgehead atoms. The first-order valence-electron chi connectivity index (χ1n) is 6.61. The summed E-state index contributed by atoms with van der Waals surface area (Å²) in [6, 6.07) is 7.49. The molecule has 0 unspecified atom stereocenters. The van der Waals surface area contributed by atoms with Crippen LogP contribution < -0.4 is 10.6 Å². The Balaban J connectivity index is 1.69. The molecule has 1 aromatic carbocycles. The summed E-state index contributed by atoms with van der Waals surface area (Å²) < 4.78 is 0. The van der Waals surface area contributed by atoms with E-state index in [4.69, 9.17) is 0 Å². The summed E-state index contributed by atoms with van der Waals surface area (Å²) in [5.74, 6) is -0.00897. The minimum atomic E-state index is -0.315. The lowest BCUT2D eigenvalue weighted by atomic mass is 10.1. The molecule has 0 saturated carbocycles. The predicted molar refractivity (Wildman–Crippen MR) is 81.0 cm³/mol. The number of nitrogens with zero attached hydrogens (tertiary/aromatic N) is 1. The molecule has 6 nitrogen and oxygen atoms in total. The molecule has 0 atom stereocenters. The molecule has 1 aromatic rings. The zero-order valence-electron chi connectivity index (χ0n) is 11.7. The highest BCUT2D eigenvalue weighted by Crippen LogP contribution is 2.17.